The van der Waals surface area contributed by atoms with Gasteiger partial charge in [-0.3, -0.25) is 4.79 Å². The van der Waals surface area contributed by atoms with Gasteiger partial charge in [0.05, 0.1) is 0 Å². The second kappa shape index (κ2) is 5.87. The van der Waals surface area contributed by atoms with Crippen LogP contribution < -0.4 is 0 Å². The van der Waals surface area contributed by atoms with Crippen molar-refractivity contribution < 1.29 is 14.3 Å². The van der Waals surface area contributed by atoms with Crippen molar-refractivity contribution in [2.24, 2.45) is 0 Å². The molecule has 0 bridgehead atoms. The van der Waals surface area contributed by atoms with Gasteiger partial charge in [0.15, 0.2) is 6.29 Å². The van der Waals surface area contributed by atoms with Gasteiger partial charge in [-0.05, 0) is 6.26 Å². The Hall–Kier alpha value is -0.750. The molecule has 1 saturated heterocycles. The van der Waals surface area contributed by atoms with Crippen molar-refractivity contribution in [3.63, 3.8) is 0 Å². The van der Waals surface area contributed by atoms with Crippen LogP contribution in [0.15, 0.2) is 0 Å². The predicted octanol–water partition coefficient (Wildman–Crippen LogP) is 0.218. The number of hydrogen-bond acceptors (Lipinski definition) is 5. The highest BCUT2D eigenvalue weighted by Crippen LogP contribution is 2.10. The smallest absolute Gasteiger partial charge is 0.410 e. The first-order chi connectivity index (χ1) is 6.77. The van der Waals surface area contributed by atoms with Crippen LogP contribution in [0.2, 0.25) is 0 Å². The molecule has 0 N–H and O–H groups in total. The topological polar surface area (TPSA) is 49.9 Å². The summed E-state index contributed by atoms with van der Waals surface area (Å²) >= 11 is 1.68. The van der Waals surface area contributed by atoms with Crippen LogP contribution in [0.5, 0.6) is 0 Å². The maximum atomic E-state index is 11.3. The summed E-state index contributed by atoms with van der Waals surface area (Å²) in [6.45, 7) is 2.87. The minimum atomic E-state index is -0.391. The number of hydrogen-bond donors (Lipinski definition) is 0. The minimum absolute atomic E-state index is 0.151. The normalized spacial score (nSPS) is 17.9. The molecule has 1 aliphatic rings. The summed E-state index contributed by atoms with van der Waals surface area (Å²) in [5, 5.41) is 0. The summed E-state index contributed by atoms with van der Waals surface area (Å²) in [5.41, 5.74) is 0. The summed E-state index contributed by atoms with van der Waals surface area (Å²) in [7, 11) is 0. The van der Waals surface area contributed by atoms with Crippen molar-refractivity contribution in [3.8, 4) is 0 Å². The molecule has 0 aromatic rings. The van der Waals surface area contributed by atoms with Gasteiger partial charge in [-0.2, -0.15) is 0 Å². The van der Waals surface area contributed by atoms with Crippen LogP contribution in [0.25, 0.3) is 0 Å². The third-order valence-electron chi connectivity index (χ3n) is 2.03. The number of piperazine rings is 1. The van der Waals surface area contributed by atoms with E-state index < -0.39 is 6.09 Å². The van der Waals surface area contributed by atoms with Crippen LogP contribution in [-0.4, -0.2) is 60.6 Å². The van der Waals surface area contributed by atoms with Gasteiger partial charge in [-0.25, -0.2) is 9.10 Å². The largest absolute Gasteiger partial charge is 0.442 e. The summed E-state index contributed by atoms with van der Waals surface area (Å²) < 4.78 is 6.88. The zero-order chi connectivity index (χ0) is 10.4. The second-order valence-corrected chi connectivity index (χ2v) is 3.72. The molecule has 5 nitrogen and oxygen atoms in total. The van der Waals surface area contributed by atoms with Gasteiger partial charge in [0.2, 0.25) is 0 Å². The van der Waals surface area contributed by atoms with Crippen LogP contribution >= 0.6 is 11.9 Å². The van der Waals surface area contributed by atoms with Crippen molar-refractivity contribution in [2.45, 2.75) is 0 Å². The van der Waals surface area contributed by atoms with Gasteiger partial charge in [0, 0.05) is 26.2 Å². The SMILES string of the molecule is CSN1CCN(C(=O)OCC=O)CC1. The standard InChI is InChI=1S/C8H14N2O3S/c1-14-10-4-2-9(3-5-10)8(12)13-7-6-11/h6H,2-5,7H2,1H3. The van der Waals surface area contributed by atoms with E-state index in [4.69, 9.17) is 4.74 Å². The van der Waals surface area contributed by atoms with Gasteiger partial charge < -0.3 is 9.64 Å². The lowest BCUT2D eigenvalue weighted by molar-refractivity contribution is -0.110. The first-order valence-corrected chi connectivity index (χ1v) is 5.60. The number of nitrogens with zero attached hydrogens (tertiary/aromatic N) is 2. The molecule has 0 saturated carbocycles. The molecule has 0 spiro atoms. The van der Waals surface area contributed by atoms with Crippen molar-refractivity contribution in [1.29, 1.82) is 0 Å². The van der Waals surface area contributed by atoms with Crippen molar-refractivity contribution in [3.05, 3.63) is 0 Å². The highest BCUT2D eigenvalue weighted by atomic mass is 32.2. The Balaban J connectivity index is 2.26. The van der Waals surface area contributed by atoms with E-state index in [1.54, 1.807) is 16.8 Å². The summed E-state index contributed by atoms with van der Waals surface area (Å²) in [4.78, 5) is 22.9. The Bertz CT molecular complexity index is 205. The molecular formula is C8H14N2O3S. The molecule has 1 aliphatic heterocycles. The summed E-state index contributed by atoms with van der Waals surface area (Å²) in [6, 6.07) is 0. The van der Waals surface area contributed by atoms with Gasteiger partial charge >= 0.3 is 6.09 Å². The molecule has 0 aliphatic carbocycles. The van der Waals surface area contributed by atoms with Crippen LogP contribution in [0.1, 0.15) is 0 Å². The lowest BCUT2D eigenvalue weighted by Crippen LogP contribution is -2.46. The minimum Gasteiger partial charge on any atom is -0.442 e. The maximum absolute atomic E-state index is 11.3. The molecule has 1 heterocycles. The Morgan fingerprint density at radius 1 is 1.43 bits per heavy atom. The molecule has 1 rings (SSSR count). The van der Waals surface area contributed by atoms with Gasteiger partial charge in [-0.1, -0.05) is 11.9 Å². The molecule has 0 aromatic heterocycles. The average molecular weight is 218 g/mol. The number of aldehydes is 1. The first-order valence-electron chi connectivity index (χ1n) is 4.42. The molecule has 0 unspecified atom stereocenters. The molecule has 0 radical (unpaired) electrons. The zero-order valence-electron chi connectivity index (χ0n) is 8.14. The van der Waals surface area contributed by atoms with Gasteiger partial charge in [0.1, 0.15) is 6.61 Å². The van der Waals surface area contributed by atoms with E-state index in [0.717, 1.165) is 13.1 Å². The molecule has 1 fully saturated rings. The maximum Gasteiger partial charge on any atom is 0.410 e. The van der Waals surface area contributed by atoms with E-state index >= 15 is 0 Å². The Morgan fingerprint density at radius 2 is 2.07 bits per heavy atom. The predicted molar refractivity (Wildman–Crippen MR) is 54.1 cm³/mol. The third kappa shape index (κ3) is 3.19. The Morgan fingerprint density at radius 3 is 2.57 bits per heavy atom. The highest BCUT2D eigenvalue weighted by molar-refractivity contribution is 7.96. The number of carbonyl (C=O) groups is 2. The summed E-state index contributed by atoms with van der Waals surface area (Å²) in [6.07, 6.45) is 2.20. The van der Waals surface area contributed by atoms with Crippen LogP contribution in [0.4, 0.5) is 4.79 Å². The third-order valence-corrected chi connectivity index (χ3v) is 2.91. The number of carbonyl (C=O) groups excluding carboxylic acids is 2. The highest BCUT2D eigenvalue weighted by Gasteiger charge is 2.21. The lowest BCUT2D eigenvalue weighted by Gasteiger charge is -2.32. The molecule has 0 atom stereocenters. The quantitative estimate of drug-likeness (QED) is 0.501. The second-order valence-electron chi connectivity index (χ2n) is 2.84. The first kappa shape index (κ1) is 11.3. The average Bonchev–Trinajstić information content (AvgIpc) is 2.26. The molecule has 6 heteroatoms. The van der Waals surface area contributed by atoms with E-state index in [1.165, 1.54) is 0 Å². The van der Waals surface area contributed by atoms with Crippen molar-refractivity contribution in [2.75, 3.05) is 39.0 Å². The number of ether oxygens (including phenoxy) is 1. The van der Waals surface area contributed by atoms with Crippen LogP contribution in [0.3, 0.4) is 0 Å². The van der Waals surface area contributed by atoms with E-state index in [-0.39, 0.29) is 6.61 Å². The number of amides is 1. The molecule has 80 valence electrons. The monoisotopic (exact) mass is 218 g/mol. The van der Waals surface area contributed by atoms with E-state index in [0.29, 0.717) is 19.4 Å². The molecule has 0 aromatic carbocycles. The fraction of sp³-hybridized carbons (Fsp3) is 0.750. The van der Waals surface area contributed by atoms with Gasteiger partial charge in [0.25, 0.3) is 0 Å². The Kier molecular flexibility index (Phi) is 4.75. The lowest BCUT2D eigenvalue weighted by atomic mass is 10.4. The van der Waals surface area contributed by atoms with Gasteiger partial charge in [-0.15, -0.1) is 0 Å². The zero-order valence-corrected chi connectivity index (χ0v) is 8.96. The fourth-order valence-electron chi connectivity index (χ4n) is 1.25. The molecular weight excluding hydrogens is 204 g/mol. The van der Waals surface area contributed by atoms with Crippen LogP contribution in [-0.2, 0) is 9.53 Å². The number of rotatable bonds is 3. The fourth-order valence-corrected chi connectivity index (χ4v) is 1.78. The van der Waals surface area contributed by atoms with Crippen molar-refractivity contribution >= 4 is 24.3 Å². The van der Waals surface area contributed by atoms with E-state index in [9.17, 15) is 9.59 Å². The Labute approximate surface area is 87.5 Å². The van der Waals surface area contributed by atoms with E-state index in [1.807, 2.05) is 6.26 Å². The summed E-state index contributed by atoms with van der Waals surface area (Å²) in [5.74, 6) is 0. The van der Waals surface area contributed by atoms with E-state index in [2.05, 4.69) is 4.31 Å². The van der Waals surface area contributed by atoms with Crippen LogP contribution in [0, 0.1) is 0 Å². The molecule has 14 heavy (non-hydrogen) atoms. The molecule has 1 amide bonds. The van der Waals surface area contributed by atoms with Crippen molar-refractivity contribution in [1.82, 2.24) is 9.21 Å².